The van der Waals surface area contributed by atoms with E-state index in [4.69, 9.17) is 5.73 Å². The molecule has 5 heteroatoms. The smallest absolute Gasteiger partial charge is 0.323 e. The second kappa shape index (κ2) is 5.18. The Balaban J connectivity index is 2.03. The van der Waals surface area contributed by atoms with Gasteiger partial charge in [-0.25, -0.2) is 9.18 Å². The lowest BCUT2D eigenvalue weighted by Crippen LogP contribution is -2.20. The van der Waals surface area contributed by atoms with Gasteiger partial charge in [0.2, 0.25) is 0 Å². The van der Waals surface area contributed by atoms with Gasteiger partial charge in [0.1, 0.15) is 5.82 Å². The summed E-state index contributed by atoms with van der Waals surface area (Å²) in [6.07, 6.45) is 0. The van der Waals surface area contributed by atoms with E-state index in [0.29, 0.717) is 11.4 Å². The molecule has 0 aromatic heterocycles. The van der Waals surface area contributed by atoms with Gasteiger partial charge in [0, 0.05) is 11.4 Å². The predicted octanol–water partition coefficient (Wildman–Crippen LogP) is 3.05. The number of para-hydroxylation sites is 1. The normalized spacial score (nSPS) is 9.83. The van der Waals surface area contributed by atoms with Gasteiger partial charge in [0.25, 0.3) is 0 Å². The zero-order chi connectivity index (χ0) is 13.0. The first-order valence-corrected chi connectivity index (χ1v) is 5.33. The first-order chi connectivity index (χ1) is 8.65. The van der Waals surface area contributed by atoms with Gasteiger partial charge in [-0.3, -0.25) is 0 Å². The summed E-state index contributed by atoms with van der Waals surface area (Å²) in [7, 11) is 0. The molecule has 2 rings (SSSR count). The first-order valence-electron chi connectivity index (χ1n) is 5.33. The third kappa shape index (κ3) is 2.98. The number of amides is 2. The Bertz CT molecular complexity index is 572. The summed E-state index contributed by atoms with van der Waals surface area (Å²) >= 11 is 0. The number of carbonyl (C=O) groups excluding carboxylic acids is 1. The van der Waals surface area contributed by atoms with Crippen molar-refractivity contribution in [1.82, 2.24) is 0 Å². The van der Waals surface area contributed by atoms with Crippen LogP contribution in [0.3, 0.4) is 0 Å². The number of benzene rings is 2. The summed E-state index contributed by atoms with van der Waals surface area (Å²) in [6.45, 7) is 0. The minimum atomic E-state index is -0.523. The zero-order valence-corrected chi connectivity index (χ0v) is 9.48. The van der Waals surface area contributed by atoms with E-state index in [1.165, 1.54) is 12.1 Å². The molecule has 0 unspecified atom stereocenters. The average Bonchev–Trinajstić information content (AvgIpc) is 2.32. The molecule has 92 valence electrons. The van der Waals surface area contributed by atoms with E-state index in [2.05, 4.69) is 10.6 Å². The first kappa shape index (κ1) is 11.9. The van der Waals surface area contributed by atoms with Crippen LogP contribution in [0.1, 0.15) is 0 Å². The number of anilines is 3. The van der Waals surface area contributed by atoms with Crippen molar-refractivity contribution in [3.05, 3.63) is 54.3 Å². The monoisotopic (exact) mass is 245 g/mol. The lowest BCUT2D eigenvalue weighted by atomic mass is 10.3. The molecule has 18 heavy (non-hydrogen) atoms. The number of urea groups is 1. The second-order valence-electron chi connectivity index (χ2n) is 3.68. The van der Waals surface area contributed by atoms with Gasteiger partial charge >= 0.3 is 6.03 Å². The van der Waals surface area contributed by atoms with Crippen molar-refractivity contribution in [1.29, 1.82) is 0 Å². The molecule has 0 radical (unpaired) electrons. The van der Waals surface area contributed by atoms with Crippen LogP contribution in [0.4, 0.5) is 26.2 Å². The number of hydrogen-bond acceptors (Lipinski definition) is 2. The molecule has 0 aliphatic rings. The maximum absolute atomic E-state index is 13.3. The largest absolute Gasteiger partial charge is 0.399 e. The molecular formula is C13H12FN3O. The van der Waals surface area contributed by atoms with Crippen molar-refractivity contribution in [2.75, 3.05) is 16.4 Å². The van der Waals surface area contributed by atoms with Gasteiger partial charge in [-0.1, -0.05) is 18.2 Å². The van der Waals surface area contributed by atoms with Gasteiger partial charge in [-0.15, -0.1) is 0 Å². The van der Waals surface area contributed by atoms with Crippen LogP contribution in [-0.2, 0) is 0 Å². The number of nitrogens with two attached hydrogens (primary N) is 1. The Labute approximate surface area is 104 Å². The highest BCUT2D eigenvalue weighted by Crippen LogP contribution is 2.15. The quantitative estimate of drug-likeness (QED) is 0.712. The molecule has 0 heterocycles. The molecule has 0 atom stereocenters. The van der Waals surface area contributed by atoms with Crippen molar-refractivity contribution in [2.24, 2.45) is 0 Å². The fraction of sp³-hybridized carbons (Fsp3) is 0. The molecular weight excluding hydrogens is 233 g/mol. The molecule has 0 spiro atoms. The number of carbonyl (C=O) groups is 1. The average molecular weight is 245 g/mol. The van der Waals surface area contributed by atoms with Crippen LogP contribution in [0, 0.1) is 5.82 Å². The number of hydrogen-bond donors (Lipinski definition) is 3. The lowest BCUT2D eigenvalue weighted by Gasteiger charge is -2.08. The maximum Gasteiger partial charge on any atom is 0.323 e. The van der Waals surface area contributed by atoms with Crippen LogP contribution >= 0.6 is 0 Å². The predicted molar refractivity (Wildman–Crippen MR) is 69.9 cm³/mol. The lowest BCUT2D eigenvalue weighted by molar-refractivity contribution is 0.262. The number of nitrogen functional groups attached to an aromatic ring is 1. The van der Waals surface area contributed by atoms with Crippen LogP contribution in [0.5, 0.6) is 0 Å². The van der Waals surface area contributed by atoms with E-state index in [1.54, 1.807) is 36.4 Å². The van der Waals surface area contributed by atoms with Gasteiger partial charge in [0.05, 0.1) is 5.69 Å². The fourth-order valence-corrected chi connectivity index (χ4v) is 1.46. The fourth-order valence-electron chi connectivity index (χ4n) is 1.46. The number of rotatable bonds is 2. The molecule has 4 nitrogen and oxygen atoms in total. The maximum atomic E-state index is 13.3. The van der Waals surface area contributed by atoms with Crippen molar-refractivity contribution in [3.63, 3.8) is 0 Å². The van der Waals surface area contributed by atoms with E-state index in [0.717, 1.165) is 0 Å². The van der Waals surface area contributed by atoms with Crippen LogP contribution in [0.15, 0.2) is 48.5 Å². The Kier molecular flexibility index (Phi) is 3.43. The van der Waals surface area contributed by atoms with E-state index >= 15 is 0 Å². The van der Waals surface area contributed by atoms with E-state index < -0.39 is 11.8 Å². The molecule has 0 bridgehead atoms. The molecule has 2 amide bonds. The Morgan fingerprint density at radius 3 is 2.56 bits per heavy atom. The summed E-state index contributed by atoms with van der Waals surface area (Å²) in [5, 5.41) is 4.97. The third-order valence-corrected chi connectivity index (χ3v) is 2.27. The van der Waals surface area contributed by atoms with Crippen molar-refractivity contribution >= 4 is 23.1 Å². The minimum Gasteiger partial charge on any atom is -0.399 e. The number of halogens is 1. The van der Waals surface area contributed by atoms with Crippen LogP contribution in [0.2, 0.25) is 0 Å². The summed E-state index contributed by atoms with van der Waals surface area (Å²) in [4.78, 5) is 11.6. The van der Waals surface area contributed by atoms with Crippen molar-refractivity contribution < 1.29 is 9.18 Å². The molecule has 0 fully saturated rings. The number of nitrogens with one attached hydrogen (secondary N) is 2. The SMILES string of the molecule is Nc1cccc(NC(=O)Nc2ccccc2F)c1. The standard InChI is InChI=1S/C13H12FN3O/c14-11-6-1-2-7-12(11)17-13(18)16-10-5-3-4-9(15)8-10/h1-8H,15H2,(H2,16,17,18). The molecule has 0 saturated heterocycles. The highest BCUT2D eigenvalue weighted by molar-refractivity contribution is 6.00. The molecule has 0 aliphatic carbocycles. The van der Waals surface area contributed by atoms with Gasteiger partial charge in [-0.2, -0.15) is 0 Å². The van der Waals surface area contributed by atoms with E-state index in [1.807, 2.05) is 0 Å². The van der Waals surface area contributed by atoms with E-state index in [9.17, 15) is 9.18 Å². The Hall–Kier alpha value is -2.56. The van der Waals surface area contributed by atoms with Gasteiger partial charge in [0.15, 0.2) is 0 Å². The summed E-state index contributed by atoms with van der Waals surface area (Å²) in [6, 6.07) is 12.2. The zero-order valence-electron chi connectivity index (χ0n) is 9.48. The molecule has 2 aromatic rings. The van der Waals surface area contributed by atoms with Crippen LogP contribution in [0.25, 0.3) is 0 Å². The summed E-state index contributed by atoms with van der Waals surface area (Å²) in [5.41, 5.74) is 6.79. The van der Waals surface area contributed by atoms with E-state index in [-0.39, 0.29) is 5.69 Å². The van der Waals surface area contributed by atoms with Gasteiger partial charge in [-0.05, 0) is 30.3 Å². The van der Waals surface area contributed by atoms with Crippen LogP contribution in [-0.4, -0.2) is 6.03 Å². The molecule has 2 aromatic carbocycles. The van der Waals surface area contributed by atoms with Crippen molar-refractivity contribution in [3.8, 4) is 0 Å². The molecule has 4 N–H and O–H groups in total. The Morgan fingerprint density at radius 1 is 1.06 bits per heavy atom. The highest BCUT2D eigenvalue weighted by atomic mass is 19.1. The summed E-state index contributed by atoms with van der Waals surface area (Å²) < 4.78 is 13.3. The van der Waals surface area contributed by atoms with Crippen LogP contribution < -0.4 is 16.4 Å². The minimum absolute atomic E-state index is 0.124. The third-order valence-electron chi connectivity index (χ3n) is 2.27. The highest BCUT2D eigenvalue weighted by Gasteiger charge is 2.06. The topological polar surface area (TPSA) is 67.1 Å². The summed E-state index contributed by atoms with van der Waals surface area (Å²) in [5.74, 6) is -0.486. The van der Waals surface area contributed by atoms with Gasteiger partial charge < -0.3 is 16.4 Å². The Morgan fingerprint density at radius 2 is 1.83 bits per heavy atom. The molecule has 0 aliphatic heterocycles. The molecule has 0 saturated carbocycles. The second-order valence-corrected chi connectivity index (χ2v) is 3.68. The van der Waals surface area contributed by atoms with Crippen molar-refractivity contribution in [2.45, 2.75) is 0 Å².